The molecule has 1 amide bonds. The van der Waals surface area contributed by atoms with Crippen LogP contribution in [0, 0.1) is 26.6 Å². The van der Waals surface area contributed by atoms with Gasteiger partial charge in [-0.15, -0.1) is 0 Å². The van der Waals surface area contributed by atoms with Crippen LogP contribution in [0.3, 0.4) is 0 Å². The quantitative estimate of drug-likeness (QED) is 0.238. The molecule has 0 saturated carbocycles. The minimum absolute atomic E-state index is 0.149. The molecule has 1 N–H and O–H groups in total. The Kier molecular flexibility index (Phi) is 9.13. The molecule has 8 nitrogen and oxygen atoms in total. The molecule has 1 fully saturated rings. The number of ether oxygens (including phenoxy) is 1. The molecule has 1 aliphatic rings. The summed E-state index contributed by atoms with van der Waals surface area (Å²) in [6.07, 6.45) is 0.839. The molecule has 0 aliphatic carbocycles. The van der Waals surface area contributed by atoms with Gasteiger partial charge in [0.15, 0.2) is 0 Å². The Morgan fingerprint density at radius 2 is 1.79 bits per heavy atom. The van der Waals surface area contributed by atoms with Crippen LogP contribution in [0.25, 0.3) is 0 Å². The molecule has 224 valence electrons. The molecule has 0 bridgehead atoms. The minimum atomic E-state index is -0.704. The fourth-order valence-electron chi connectivity index (χ4n) is 5.27. The molecule has 1 aliphatic heterocycles. The third-order valence-electron chi connectivity index (χ3n) is 7.72. The molecular formula is C33H36ClFN6O2. The standard InChI is InChI=1S/C33H36ClFN6O2/c1-21-16-22(2)31(23(3)17-21)43-33(42)41(20-25-18-26(34)6-11-29(25)35)30-12-13-36-32(38-30)37-27-7-9-28(10-8-27)40-15-14-39(5)24(4)19-40/h6-13,16-18,24H,14-15,19-20H2,1-5H3,(H,36,37,38). The molecule has 5 rings (SSSR count). The predicted molar refractivity (Wildman–Crippen MR) is 170 cm³/mol. The number of nitrogens with one attached hydrogen (secondary N) is 1. The number of aryl methyl sites for hydroxylation is 3. The van der Waals surface area contributed by atoms with E-state index in [-0.39, 0.29) is 23.9 Å². The number of likely N-dealkylation sites (N-methyl/N-ethyl adjacent to an activating group) is 1. The first-order valence-corrected chi connectivity index (χ1v) is 14.6. The average molecular weight is 603 g/mol. The minimum Gasteiger partial charge on any atom is -0.409 e. The topological polar surface area (TPSA) is 73.8 Å². The Bertz CT molecular complexity index is 1590. The van der Waals surface area contributed by atoms with Crippen molar-refractivity contribution in [2.24, 2.45) is 0 Å². The van der Waals surface area contributed by atoms with Gasteiger partial charge in [-0.2, -0.15) is 4.98 Å². The van der Waals surface area contributed by atoms with Crippen molar-refractivity contribution in [2.45, 2.75) is 40.3 Å². The van der Waals surface area contributed by atoms with Crippen molar-refractivity contribution in [1.29, 1.82) is 0 Å². The van der Waals surface area contributed by atoms with E-state index in [0.717, 1.165) is 47.7 Å². The van der Waals surface area contributed by atoms with Gasteiger partial charge in [0.2, 0.25) is 5.95 Å². The molecule has 1 atom stereocenters. The van der Waals surface area contributed by atoms with Crippen molar-refractivity contribution >= 4 is 40.8 Å². The number of rotatable bonds is 7. The lowest BCUT2D eigenvalue weighted by Crippen LogP contribution is -2.50. The maximum absolute atomic E-state index is 14.8. The van der Waals surface area contributed by atoms with Crippen LogP contribution in [0.2, 0.25) is 5.02 Å². The van der Waals surface area contributed by atoms with E-state index in [0.29, 0.717) is 16.8 Å². The molecule has 2 heterocycles. The van der Waals surface area contributed by atoms with E-state index in [1.807, 2.05) is 45.0 Å². The van der Waals surface area contributed by atoms with Crippen LogP contribution < -0.4 is 19.9 Å². The monoisotopic (exact) mass is 602 g/mol. The second-order valence-corrected chi connectivity index (χ2v) is 11.5. The van der Waals surface area contributed by atoms with E-state index in [4.69, 9.17) is 16.3 Å². The number of hydrogen-bond acceptors (Lipinski definition) is 7. The van der Waals surface area contributed by atoms with Crippen LogP contribution in [0.4, 0.5) is 32.3 Å². The highest BCUT2D eigenvalue weighted by Crippen LogP contribution is 2.28. The van der Waals surface area contributed by atoms with Gasteiger partial charge in [0.25, 0.3) is 0 Å². The molecule has 3 aromatic carbocycles. The van der Waals surface area contributed by atoms with Gasteiger partial charge in [-0.3, -0.25) is 4.90 Å². The van der Waals surface area contributed by atoms with Crippen LogP contribution in [0.5, 0.6) is 5.75 Å². The van der Waals surface area contributed by atoms with E-state index >= 15 is 0 Å². The molecular weight excluding hydrogens is 567 g/mol. The second kappa shape index (κ2) is 13.0. The number of benzene rings is 3. The van der Waals surface area contributed by atoms with Crippen LogP contribution in [-0.2, 0) is 6.54 Å². The Morgan fingerprint density at radius 1 is 1.07 bits per heavy atom. The first-order chi connectivity index (χ1) is 20.6. The van der Waals surface area contributed by atoms with Crippen molar-refractivity contribution in [3.8, 4) is 5.75 Å². The lowest BCUT2D eigenvalue weighted by Gasteiger charge is -2.39. The predicted octanol–water partition coefficient (Wildman–Crippen LogP) is 7.28. The van der Waals surface area contributed by atoms with Crippen LogP contribution in [0.1, 0.15) is 29.2 Å². The van der Waals surface area contributed by atoms with E-state index < -0.39 is 11.9 Å². The normalized spacial score (nSPS) is 15.3. The number of carbonyl (C=O) groups is 1. The zero-order valence-corrected chi connectivity index (χ0v) is 25.8. The largest absolute Gasteiger partial charge is 0.421 e. The molecule has 0 spiro atoms. The Balaban J connectivity index is 1.39. The zero-order valence-electron chi connectivity index (χ0n) is 25.1. The van der Waals surface area contributed by atoms with Crippen molar-refractivity contribution < 1.29 is 13.9 Å². The third-order valence-corrected chi connectivity index (χ3v) is 7.95. The molecule has 1 saturated heterocycles. The van der Waals surface area contributed by atoms with Gasteiger partial charge in [0, 0.05) is 53.8 Å². The summed E-state index contributed by atoms with van der Waals surface area (Å²) in [5, 5.41) is 3.58. The summed E-state index contributed by atoms with van der Waals surface area (Å²) in [5.74, 6) is 0.486. The number of anilines is 4. The molecule has 10 heteroatoms. The van der Waals surface area contributed by atoms with Crippen molar-refractivity contribution in [3.05, 3.63) is 100.0 Å². The smallest absolute Gasteiger partial charge is 0.409 e. The summed E-state index contributed by atoms with van der Waals surface area (Å²) >= 11 is 6.16. The van der Waals surface area contributed by atoms with Gasteiger partial charge in [0.1, 0.15) is 17.4 Å². The van der Waals surface area contributed by atoms with E-state index in [2.05, 4.69) is 51.2 Å². The third kappa shape index (κ3) is 7.24. The van der Waals surface area contributed by atoms with Gasteiger partial charge in [-0.05, 0) is 94.4 Å². The van der Waals surface area contributed by atoms with Crippen molar-refractivity contribution in [2.75, 3.05) is 41.8 Å². The highest BCUT2D eigenvalue weighted by molar-refractivity contribution is 6.30. The van der Waals surface area contributed by atoms with E-state index in [1.165, 1.54) is 23.1 Å². The van der Waals surface area contributed by atoms with Gasteiger partial charge in [0.05, 0.1) is 6.54 Å². The lowest BCUT2D eigenvalue weighted by molar-refractivity contribution is 0.206. The number of piperazine rings is 1. The summed E-state index contributed by atoms with van der Waals surface area (Å²) in [6, 6.07) is 18.3. The first kappa shape index (κ1) is 30.3. The summed E-state index contributed by atoms with van der Waals surface area (Å²) in [6.45, 7) is 10.8. The molecule has 1 aromatic heterocycles. The highest BCUT2D eigenvalue weighted by Gasteiger charge is 2.24. The van der Waals surface area contributed by atoms with Gasteiger partial charge in [-0.1, -0.05) is 29.3 Å². The Morgan fingerprint density at radius 3 is 2.49 bits per heavy atom. The number of amides is 1. The number of hydrogen-bond donors (Lipinski definition) is 1. The summed E-state index contributed by atoms with van der Waals surface area (Å²) in [5.41, 5.74) is 4.87. The van der Waals surface area contributed by atoms with Crippen LogP contribution in [-0.4, -0.2) is 53.7 Å². The number of nitrogens with zero attached hydrogens (tertiary/aromatic N) is 5. The summed E-state index contributed by atoms with van der Waals surface area (Å²) in [4.78, 5) is 28.6. The Hall–Kier alpha value is -4.21. The number of aromatic nitrogens is 2. The van der Waals surface area contributed by atoms with E-state index in [9.17, 15) is 9.18 Å². The Labute approximate surface area is 257 Å². The zero-order chi connectivity index (χ0) is 30.7. The average Bonchev–Trinajstić information content (AvgIpc) is 2.97. The maximum atomic E-state index is 14.8. The molecule has 4 aromatic rings. The maximum Gasteiger partial charge on any atom is 0.421 e. The van der Waals surface area contributed by atoms with Crippen LogP contribution in [0.15, 0.2) is 66.9 Å². The van der Waals surface area contributed by atoms with Gasteiger partial charge >= 0.3 is 6.09 Å². The summed E-state index contributed by atoms with van der Waals surface area (Å²) in [7, 11) is 2.15. The fraction of sp³-hybridized carbons (Fsp3) is 0.303. The summed E-state index contributed by atoms with van der Waals surface area (Å²) < 4.78 is 20.7. The SMILES string of the molecule is Cc1cc(C)c(OC(=O)N(Cc2cc(Cl)ccc2F)c2ccnc(Nc3ccc(N4CCN(C)C(C)C4)cc3)n2)c(C)c1. The number of carbonyl (C=O) groups excluding carboxylic acids is 1. The van der Waals surface area contributed by atoms with E-state index in [1.54, 1.807) is 12.3 Å². The van der Waals surface area contributed by atoms with Gasteiger partial charge < -0.3 is 19.9 Å². The lowest BCUT2D eigenvalue weighted by atomic mass is 10.1. The second-order valence-electron chi connectivity index (χ2n) is 11.1. The molecule has 0 radical (unpaired) electrons. The first-order valence-electron chi connectivity index (χ1n) is 14.2. The van der Waals surface area contributed by atoms with Gasteiger partial charge in [-0.25, -0.2) is 14.2 Å². The highest BCUT2D eigenvalue weighted by atomic mass is 35.5. The fourth-order valence-corrected chi connectivity index (χ4v) is 5.47. The molecule has 1 unspecified atom stereocenters. The van der Waals surface area contributed by atoms with Crippen molar-refractivity contribution in [1.82, 2.24) is 14.9 Å². The van der Waals surface area contributed by atoms with Crippen LogP contribution >= 0.6 is 11.6 Å². The molecule has 43 heavy (non-hydrogen) atoms. The van der Waals surface area contributed by atoms with Crippen molar-refractivity contribution in [3.63, 3.8) is 0 Å². The number of halogens is 2.